The van der Waals surface area contributed by atoms with Gasteiger partial charge < -0.3 is 0 Å². The highest BCUT2D eigenvalue weighted by Crippen LogP contribution is 2.32. The third-order valence-electron chi connectivity index (χ3n) is 2.59. The molecule has 0 N–H and O–H groups in total. The fraction of sp³-hybridized carbons (Fsp3) is 0.667. The van der Waals surface area contributed by atoms with Crippen molar-refractivity contribution in [2.45, 2.75) is 39.0 Å². The van der Waals surface area contributed by atoms with E-state index in [1.807, 2.05) is 6.20 Å². The van der Waals surface area contributed by atoms with E-state index in [9.17, 15) is 0 Å². The lowest BCUT2D eigenvalue weighted by atomic mass is 9.83. The minimum Gasteiger partial charge on any atom is -0.201 e. The Morgan fingerprint density at radius 1 is 1.45 bits per heavy atom. The second-order valence-corrected chi connectivity index (χ2v) is 3.98. The molecule has 0 atom stereocenters. The summed E-state index contributed by atoms with van der Waals surface area (Å²) < 4.78 is 4.13. The van der Waals surface area contributed by atoms with Gasteiger partial charge in [-0.3, -0.25) is 0 Å². The smallest absolute Gasteiger partial charge is 0.0409 e. The Bertz CT molecular complexity index is 199. The molecule has 0 aromatic carbocycles. The maximum atomic E-state index is 4.13. The Morgan fingerprint density at radius 3 is 2.45 bits per heavy atom. The van der Waals surface area contributed by atoms with Crippen LogP contribution in [0.2, 0.25) is 0 Å². The summed E-state index contributed by atoms with van der Waals surface area (Å²) in [5, 5.41) is 0. The molecule has 0 bridgehead atoms. The van der Waals surface area contributed by atoms with E-state index in [1.54, 1.807) is 11.5 Å². The van der Waals surface area contributed by atoms with Gasteiger partial charge in [-0.15, -0.1) is 0 Å². The molecule has 0 amide bonds. The minimum absolute atomic E-state index is 0.362. The van der Waals surface area contributed by atoms with E-state index in [0.29, 0.717) is 5.41 Å². The first-order valence-corrected chi connectivity index (χ1v) is 4.91. The molecule has 62 valence electrons. The number of hydrogen-bond donors (Lipinski definition) is 0. The molecule has 0 saturated carbocycles. The first-order valence-electron chi connectivity index (χ1n) is 4.14. The topological polar surface area (TPSA) is 12.9 Å². The van der Waals surface area contributed by atoms with Crippen molar-refractivity contribution in [1.29, 1.82) is 0 Å². The zero-order valence-electron chi connectivity index (χ0n) is 7.42. The van der Waals surface area contributed by atoms with Gasteiger partial charge in [0.25, 0.3) is 0 Å². The average Bonchev–Trinajstić information content (AvgIpc) is 2.55. The molecule has 11 heavy (non-hydrogen) atoms. The molecular weight excluding hydrogens is 154 g/mol. The van der Waals surface area contributed by atoms with Crippen molar-refractivity contribution >= 4 is 11.5 Å². The number of hydrogen-bond acceptors (Lipinski definition) is 2. The largest absolute Gasteiger partial charge is 0.201 e. The third kappa shape index (κ3) is 1.62. The first-order chi connectivity index (χ1) is 5.23. The summed E-state index contributed by atoms with van der Waals surface area (Å²) in [6.45, 7) is 6.78. The molecule has 2 heteroatoms. The Balaban J connectivity index is 2.87. The lowest BCUT2D eigenvalue weighted by Gasteiger charge is -2.24. The second-order valence-electron chi connectivity index (χ2n) is 3.14. The molecule has 1 aromatic rings. The molecule has 0 radical (unpaired) electrons. The predicted molar refractivity (Wildman–Crippen MR) is 50.0 cm³/mol. The lowest BCUT2D eigenvalue weighted by Crippen LogP contribution is -2.17. The molecule has 0 saturated heterocycles. The summed E-state index contributed by atoms with van der Waals surface area (Å²) in [6.07, 6.45) is 4.29. The summed E-state index contributed by atoms with van der Waals surface area (Å²) in [7, 11) is 0. The van der Waals surface area contributed by atoms with Crippen molar-refractivity contribution in [2.24, 2.45) is 0 Å². The molecule has 0 fully saturated rings. The van der Waals surface area contributed by atoms with Gasteiger partial charge in [0.15, 0.2) is 0 Å². The van der Waals surface area contributed by atoms with Crippen molar-refractivity contribution in [3.63, 3.8) is 0 Å². The van der Waals surface area contributed by atoms with Crippen molar-refractivity contribution in [3.05, 3.63) is 17.1 Å². The molecule has 1 rings (SSSR count). The normalized spacial score (nSPS) is 11.9. The summed E-state index contributed by atoms with van der Waals surface area (Å²) in [5.74, 6) is 0. The highest BCUT2D eigenvalue weighted by Gasteiger charge is 2.23. The molecular formula is C9H15NS. The Morgan fingerprint density at radius 2 is 2.09 bits per heavy atom. The highest BCUT2D eigenvalue weighted by atomic mass is 32.1. The molecule has 0 aliphatic heterocycles. The number of rotatable bonds is 3. The SMILES string of the molecule is CCC(C)(CC)c1ccns1. The maximum Gasteiger partial charge on any atom is 0.0409 e. The Labute approximate surface area is 72.6 Å². The van der Waals surface area contributed by atoms with Crippen LogP contribution in [-0.2, 0) is 5.41 Å². The zero-order chi connectivity index (χ0) is 8.32. The van der Waals surface area contributed by atoms with Crippen LogP contribution in [0.15, 0.2) is 12.3 Å². The van der Waals surface area contributed by atoms with Crippen LogP contribution in [0.4, 0.5) is 0 Å². The van der Waals surface area contributed by atoms with Gasteiger partial charge in [0.1, 0.15) is 0 Å². The van der Waals surface area contributed by atoms with E-state index in [2.05, 4.69) is 31.2 Å². The maximum absolute atomic E-state index is 4.13. The van der Waals surface area contributed by atoms with E-state index in [4.69, 9.17) is 0 Å². The minimum atomic E-state index is 0.362. The summed E-state index contributed by atoms with van der Waals surface area (Å²) in [4.78, 5) is 1.42. The Hall–Kier alpha value is -0.370. The number of aromatic nitrogens is 1. The fourth-order valence-electron chi connectivity index (χ4n) is 1.13. The lowest BCUT2D eigenvalue weighted by molar-refractivity contribution is 0.448. The monoisotopic (exact) mass is 169 g/mol. The molecule has 0 aliphatic rings. The molecule has 1 aromatic heterocycles. The first kappa shape index (κ1) is 8.72. The third-order valence-corrected chi connectivity index (χ3v) is 3.65. The van der Waals surface area contributed by atoms with E-state index in [1.165, 1.54) is 17.7 Å². The zero-order valence-corrected chi connectivity index (χ0v) is 8.24. The van der Waals surface area contributed by atoms with Gasteiger partial charge in [0.05, 0.1) is 0 Å². The van der Waals surface area contributed by atoms with Gasteiger partial charge in [-0.1, -0.05) is 20.8 Å². The van der Waals surface area contributed by atoms with E-state index < -0.39 is 0 Å². The Kier molecular flexibility index (Phi) is 2.66. The molecule has 0 unspecified atom stereocenters. The van der Waals surface area contributed by atoms with Gasteiger partial charge in [0.2, 0.25) is 0 Å². The van der Waals surface area contributed by atoms with Crippen molar-refractivity contribution < 1.29 is 0 Å². The van der Waals surface area contributed by atoms with E-state index >= 15 is 0 Å². The van der Waals surface area contributed by atoms with Crippen LogP contribution in [0.25, 0.3) is 0 Å². The summed E-state index contributed by atoms with van der Waals surface area (Å²) in [6, 6.07) is 2.14. The fourth-order valence-corrected chi connectivity index (χ4v) is 1.99. The highest BCUT2D eigenvalue weighted by molar-refractivity contribution is 7.05. The molecule has 1 heterocycles. The molecule has 0 spiro atoms. The predicted octanol–water partition coefficient (Wildman–Crippen LogP) is 3.22. The van der Waals surface area contributed by atoms with Gasteiger partial charge >= 0.3 is 0 Å². The van der Waals surface area contributed by atoms with Crippen molar-refractivity contribution in [3.8, 4) is 0 Å². The van der Waals surface area contributed by atoms with Crippen molar-refractivity contribution in [1.82, 2.24) is 4.37 Å². The van der Waals surface area contributed by atoms with Crippen LogP contribution >= 0.6 is 11.5 Å². The van der Waals surface area contributed by atoms with E-state index in [0.717, 1.165) is 0 Å². The number of nitrogens with zero attached hydrogens (tertiary/aromatic N) is 1. The van der Waals surface area contributed by atoms with Gasteiger partial charge in [-0.2, -0.15) is 0 Å². The van der Waals surface area contributed by atoms with Gasteiger partial charge in [-0.05, 0) is 30.4 Å². The summed E-state index contributed by atoms with van der Waals surface area (Å²) >= 11 is 1.63. The summed E-state index contributed by atoms with van der Waals surface area (Å²) in [5.41, 5.74) is 0.362. The van der Waals surface area contributed by atoms with Crippen LogP contribution in [-0.4, -0.2) is 4.37 Å². The van der Waals surface area contributed by atoms with Crippen molar-refractivity contribution in [2.75, 3.05) is 0 Å². The quantitative estimate of drug-likeness (QED) is 0.677. The van der Waals surface area contributed by atoms with Crippen LogP contribution in [0.5, 0.6) is 0 Å². The van der Waals surface area contributed by atoms with Crippen LogP contribution in [0.3, 0.4) is 0 Å². The van der Waals surface area contributed by atoms with E-state index in [-0.39, 0.29) is 0 Å². The van der Waals surface area contributed by atoms with Gasteiger partial charge in [-0.25, -0.2) is 4.37 Å². The molecule has 0 aliphatic carbocycles. The van der Waals surface area contributed by atoms with Crippen LogP contribution in [0.1, 0.15) is 38.5 Å². The molecule has 1 nitrogen and oxygen atoms in total. The second kappa shape index (κ2) is 3.35. The average molecular weight is 169 g/mol. The van der Waals surface area contributed by atoms with Gasteiger partial charge in [0, 0.05) is 16.5 Å². The van der Waals surface area contributed by atoms with Crippen LogP contribution < -0.4 is 0 Å². The van der Waals surface area contributed by atoms with Crippen LogP contribution in [0, 0.1) is 0 Å². The standard InChI is InChI=1S/C9H15NS/c1-4-9(3,5-2)8-6-7-10-11-8/h6-7H,4-5H2,1-3H3.